The fourth-order valence-electron chi connectivity index (χ4n) is 3.46. The number of aliphatic hydroxyl groups excluding tert-OH is 1. The fourth-order valence-corrected chi connectivity index (χ4v) is 4.72. The lowest BCUT2D eigenvalue weighted by Crippen LogP contribution is -2.15. The third kappa shape index (κ3) is 7.49. The van der Waals surface area contributed by atoms with Gasteiger partial charge in [-0.05, 0) is 55.3 Å². The average molecular weight is 594 g/mol. The van der Waals surface area contributed by atoms with Crippen LogP contribution in [0.2, 0.25) is 0 Å². The van der Waals surface area contributed by atoms with Crippen LogP contribution in [-0.2, 0) is 24.4 Å². The van der Waals surface area contributed by atoms with E-state index >= 15 is 0 Å². The Hall–Kier alpha value is -5.68. The molecule has 0 amide bonds. The predicted octanol–water partition coefficient (Wildman–Crippen LogP) is 3.75. The van der Waals surface area contributed by atoms with Crippen LogP contribution in [0.25, 0.3) is 16.6 Å². The largest absolute Gasteiger partial charge is 0.507 e. The zero-order valence-corrected chi connectivity index (χ0v) is 22.9. The van der Waals surface area contributed by atoms with Crippen LogP contribution in [0.1, 0.15) is 27.3 Å². The number of fused-ring (bicyclic) bond motifs is 1. The summed E-state index contributed by atoms with van der Waals surface area (Å²) < 4.78 is 36.3. The number of aliphatic hydroxyl groups is 1. The quantitative estimate of drug-likeness (QED) is 0.0792. The number of aryl methyl sites for hydroxylation is 2. The van der Waals surface area contributed by atoms with Crippen LogP contribution in [0.15, 0.2) is 77.4 Å². The van der Waals surface area contributed by atoms with Gasteiger partial charge in [0.05, 0.1) is 11.0 Å². The molecule has 0 saturated heterocycles. The molecule has 13 nitrogen and oxygen atoms in total. The van der Waals surface area contributed by atoms with Crippen molar-refractivity contribution in [3.8, 4) is 11.8 Å². The molecular weight excluding hydrogens is 570 g/mol. The molecular formula is C28H23N3O10S. The van der Waals surface area contributed by atoms with Gasteiger partial charge in [0.1, 0.15) is 28.7 Å². The number of carboxylic acids is 2. The van der Waals surface area contributed by atoms with Gasteiger partial charge < -0.3 is 29.2 Å². The summed E-state index contributed by atoms with van der Waals surface area (Å²) in [5, 5.41) is 34.7. The number of ether oxygens (including phenoxy) is 1. The molecule has 1 aromatic heterocycles. The molecule has 216 valence electrons. The molecule has 4 N–H and O–H groups in total. The maximum Gasteiger partial charge on any atom is 0.414 e. The van der Waals surface area contributed by atoms with Crippen molar-refractivity contribution >= 4 is 44.6 Å². The van der Waals surface area contributed by atoms with Crippen LogP contribution in [0, 0.1) is 25.2 Å². The van der Waals surface area contributed by atoms with Gasteiger partial charge in [0.15, 0.2) is 17.3 Å². The van der Waals surface area contributed by atoms with Gasteiger partial charge in [0.25, 0.3) is 0 Å². The normalized spacial score (nSPS) is 11.4. The first-order valence-corrected chi connectivity index (χ1v) is 13.3. The van der Waals surface area contributed by atoms with E-state index in [1.165, 1.54) is 30.3 Å². The molecule has 0 unspecified atom stereocenters. The van der Waals surface area contributed by atoms with E-state index in [1.807, 2.05) is 6.07 Å². The van der Waals surface area contributed by atoms with Crippen molar-refractivity contribution < 1.29 is 47.0 Å². The standard InChI is InChI=1S/C26H21N3O6S.C2H2O4/c1-16-11-12-17(2)24(13-16)36(32,33)35-23-10-6-3-7-18(23)26(31)34-15-22(30)19(14-27)25-28-20-8-4-5-9-21(20)29-25;3-1(4)2(5)6/h3-13,30H,15H2,1-2H3,(H,28,29);(H,3,4)(H,5,6). The first-order chi connectivity index (χ1) is 19.8. The smallest absolute Gasteiger partial charge is 0.414 e. The number of benzene rings is 3. The third-order valence-corrected chi connectivity index (χ3v) is 6.85. The zero-order chi connectivity index (χ0) is 31.0. The lowest BCUT2D eigenvalue weighted by Gasteiger charge is -2.13. The number of carboxylic acid groups (broad SMARTS) is 2. The third-order valence-electron chi connectivity index (χ3n) is 5.47. The Morgan fingerprint density at radius 3 is 2.24 bits per heavy atom. The Bertz CT molecular complexity index is 1810. The van der Waals surface area contributed by atoms with Gasteiger partial charge in [-0.2, -0.15) is 13.7 Å². The van der Waals surface area contributed by atoms with Gasteiger partial charge >= 0.3 is 28.0 Å². The van der Waals surface area contributed by atoms with E-state index in [2.05, 4.69) is 9.97 Å². The second-order valence-corrected chi connectivity index (χ2v) is 10.0. The van der Waals surface area contributed by atoms with Gasteiger partial charge in [-0.25, -0.2) is 19.4 Å². The van der Waals surface area contributed by atoms with E-state index in [0.717, 1.165) is 5.56 Å². The van der Waals surface area contributed by atoms with E-state index in [0.29, 0.717) is 16.6 Å². The Morgan fingerprint density at radius 2 is 1.60 bits per heavy atom. The van der Waals surface area contributed by atoms with Crippen LogP contribution in [0.5, 0.6) is 5.75 Å². The molecule has 0 aliphatic rings. The minimum atomic E-state index is -4.24. The zero-order valence-electron chi connectivity index (χ0n) is 22.1. The molecule has 1 heterocycles. The van der Waals surface area contributed by atoms with Crippen LogP contribution < -0.4 is 4.18 Å². The summed E-state index contributed by atoms with van der Waals surface area (Å²) in [6.45, 7) is 2.75. The highest BCUT2D eigenvalue weighted by molar-refractivity contribution is 7.87. The van der Waals surface area contributed by atoms with E-state index in [-0.39, 0.29) is 27.6 Å². The number of carbonyl (C=O) groups is 3. The number of nitriles is 1. The number of hydrogen-bond acceptors (Lipinski definition) is 10. The molecule has 0 radical (unpaired) electrons. The molecule has 4 rings (SSSR count). The Kier molecular flexibility index (Phi) is 9.64. The number of allylic oxidation sites excluding steroid dienone is 1. The average Bonchev–Trinajstić information content (AvgIpc) is 3.37. The lowest BCUT2D eigenvalue weighted by molar-refractivity contribution is -0.159. The number of rotatable bonds is 7. The summed E-state index contributed by atoms with van der Waals surface area (Å²) in [6, 6.07) is 19.5. The molecule has 0 bridgehead atoms. The number of imidazole rings is 1. The molecule has 14 heteroatoms. The van der Waals surface area contributed by atoms with E-state index in [1.54, 1.807) is 50.2 Å². The summed E-state index contributed by atoms with van der Waals surface area (Å²) in [5.41, 5.74) is 2.13. The summed E-state index contributed by atoms with van der Waals surface area (Å²) in [5.74, 6) is -5.23. The number of aromatic nitrogens is 2. The minimum Gasteiger partial charge on any atom is -0.507 e. The monoisotopic (exact) mass is 593 g/mol. The molecule has 0 aliphatic heterocycles. The predicted molar refractivity (Wildman–Crippen MR) is 147 cm³/mol. The highest BCUT2D eigenvalue weighted by atomic mass is 32.2. The van der Waals surface area contributed by atoms with Gasteiger partial charge in [-0.15, -0.1) is 0 Å². The number of H-pyrrole nitrogens is 1. The number of nitrogens with one attached hydrogen (secondary N) is 1. The Labute approximate surface area is 239 Å². The van der Waals surface area contributed by atoms with Crippen LogP contribution in [-0.4, -0.2) is 58.2 Å². The number of nitrogens with zero attached hydrogens (tertiary/aromatic N) is 2. The first-order valence-electron chi connectivity index (χ1n) is 11.9. The summed E-state index contributed by atoms with van der Waals surface area (Å²) in [4.78, 5) is 38.1. The number of esters is 1. The Morgan fingerprint density at radius 1 is 0.952 bits per heavy atom. The molecule has 0 saturated carbocycles. The maximum absolute atomic E-state index is 12.9. The van der Waals surface area contributed by atoms with Crippen molar-refractivity contribution in [2.75, 3.05) is 6.61 Å². The summed E-state index contributed by atoms with van der Waals surface area (Å²) >= 11 is 0. The van der Waals surface area contributed by atoms with Crippen LogP contribution >= 0.6 is 0 Å². The molecule has 0 spiro atoms. The fraction of sp³-hybridized carbons (Fsp3) is 0.107. The SMILES string of the molecule is Cc1ccc(C)c(S(=O)(=O)Oc2ccccc2C(=O)OCC(O)=C(C#N)c2nc3ccccc3[nH]2)c1.O=C(O)C(=O)O. The molecule has 0 fully saturated rings. The van der Waals surface area contributed by atoms with Crippen molar-refractivity contribution in [1.82, 2.24) is 9.97 Å². The summed E-state index contributed by atoms with van der Waals surface area (Å²) in [6.07, 6.45) is 0. The highest BCUT2D eigenvalue weighted by Gasteiger charge is 2.24. The minimum absolute atomic E-state index is 0.0178. The van der Waals surface area contributed by atoms with E-state index < -0.39 is 40.4 Å². The number of hydrogen-bond donors (Lipinski definition) is 4. The number of carbonyl (C=O) groups excluding carboxylic acids is 1. The van der Waals surface area contributed by atoms with Gasteiger partial charge in [0, 0.05) is 0 Å². The van der Waals surface area contributed by atoms with E-state index in [9.17, 15) is 23.6 Å². The molecule has 0 aliphatic carbocycles. The van der Waals surface area contributed by atoms with Crippen molar-refractivity contribution in [2.24, 2.45) is 0 Å². The molecule has 3 aromatic carbocycles. The van der Waals surface area contributed by atoms with Crippen molar-refractivity contribution in [2.45, 2.75) is 18.7 Å². The molecule has 0 atom stereocenters. The van der Waals surface area contributed by atoms with Gasteiger partial charge in [-0.3, -0.25) is 0 Å². The van der Waals surface area contributed by atoms with Crippen LogP contribution in [0.4, 0.5) is 0 Å². The number of para-hydroxylation sites is 3. The lowest BCUT2D eigenvalue weighted by atomic mass is 10.2. The second kappa shape index (κ2) is 13.1. The topological polar surface area (TPSA) is 217 Å². The van der Waals surface area contributed by atoms with E-state index in [4.69, 9.17) is 28.7 Å². The van der Waals surface area contributed by atoms with Crippen molar-refractivity contribution in [3.63, 3.8) is 0 Å². The summed E-state index contributed by atoms with van der Waals surface area (Å²) in [7, 11) is -4.24. The van der Waals surface area contributed by atoms with Crippen molar-refractivity contribution in [3.05, 3.63) is 95.0 Å². The number of aromatic amines is 1. The van der Waals surface area contributed by atoms with Crippen molar-refractivity contribution in [1.29, 1.82) is 5.26 Å². The highest BCUT2D eigenvalue weighted by Crippen LogP contribution is 2.26. The maximum atomic E-state index is 12.9. The molecule has 42 heavy (non-hydrogen) atoms. The number of aliphatic carboxylic acids is 2. The second-order valence-electron chi connectivity index (χ2n) is 8.53. The van der Waals surface area contributed by atoms with Crippen LogP contribution in [0.3, 0.4) is 0 Å². The van der Waals surface area contributed by atoms with Gasteiger partial charge in [-0.1, -0.05) is 36.4 Å². The first kappa shape index (κ1) is 30.9. The Balaban J connectivity index is 0.000000730. The van der Waals surface area contributed by atoms with Gasteiger partial charge in [0.2, 0.25) is 0 Å². The molecule has 4 aromatic rings.